The van der Waals surface area contributed by atoms with E-state index >= 15 is 0 Å². The molecule has 8 heteroatoms. The molecule has 0 bridgehead atoms. The molecule has 0 radical (unpaired) electrons. The molecule has 3 aromatic heterocycles. The summed E-state index contributed by atoms with van der Waals surface area (Å²) in [5.74, 6) is 2.21. The number of hydrogen-bond acceptors (Lipinski definition) is 8. The summed E-state index contributed by atoms with van der Waals surface area (Å²) in [6.07, 6.45) is 5.24. The third kappa shape index (κ3) is 3.02. The van der Waals surface area contributed by atoms with E-state index in [2.05, 4.69) is 36.9 Å². The van der Waals surface area contributed by atoms with Crippen LogP contribution in [0.5, 0.6) is 0 Å². The molecule has 1 aliphatic rings. The molecule has 0 N–H and O–H groups in total. The summed E-state index contributed by atoms with van der Waals surface area (Å²) in [5, 5.41) is 10.4. The number of anilines is 1. The summed E-state index contributed by atoms with van der Waals surface area (Å²) >= 11 is 1.61. The Hall–Kier alpha value is -2.32. The largest absolute Gasteiger partial charge is 0.418 e. The number of piperazine rings is 1. The van der Waals surface area contributed by atoms with Gasteiger partial charge in [-0.3, -0.25) is 9.88 Å². The zero-order valence-corrected chi connectivity index (χ0v) is 14.2. The minimum Gasteiger partial charge on any atom is -0.418 e. The van der Waals surface area contributed by atoms with Gasteiger partial charge >= 0.3 is 0 Å². The molecule has 1 atom stereocenters. The Morgan fingerprint density at radius 3 is 2.75 bits per heavy atom. The average molecular weight is 342 g/mol. The van der Waals surface area contributed by atoms with E-state index in [1.165, 1.54) is 0 Å². The van der Waals surface area contributed by atoms with E-state index in [0.717, 1.165) is 36.9 Å². The highest BCUT2D eigenvalue weighted by atomic mass is 32.1. The molecule has 0 amide bonds. The minimum absolute atomic E-state index is 0.107. The summed E-state index contributed by atoms with van der Waals surface area (Å²) in [5.41, 5.74) is 0. The quantitative estimate of drug-likeness (QED) is 0.721. The van der Waals surface area contributed by atoms with Gasteiger partial charge in [-0.2, -0.15) is 0 Å². The molecule has 0 aromatic carbocycles. The van der Waals surface area contributed by atoms with Gasteiger partial charge in [-0.15, -0.1) is 21.5 Å². The average Bonchev–Trinajstić information content (AvgIpc) is 3.33. The molecular formula is C16H18N6OS. The van der Waals surface area contributed by atoms with Crippen LogP contribution in [-0.2, 0) is 0 Å². The van der Waals surface area contributed by atoms with Crippen LogP contribution in [0.25, 0.3) is 10.8 Å². The van der Waals surface area contributed by atoms with Crippen molar-refractivity contribution in [1.29, 1.82) is 0 Å². The van der Waals surface area contributed by atoms with E-state index in [0.29, 0.717) is 11.8 Å². The van der Waals surface area contributed by atoms with Crippen molar-refractivity contribution >= 4 is 17.2 Å². The molecule has 1 aliphatic heterocycles. The molecule has 1 saturated heterocycles. The van der Waals surface area contributed by atoms with Gasteiger partial charge in [-0.25, -0.2) is 4.98 Å². The van der Waals surface area contributed by atoms with Crippen LogP contribution in [-0.4, -0.2) is 51.2 Å². The SMILES string of the molecule is CC(c1nnc(-c2cccs2)o1)N1CCN(c2cnccn2)CC1. The van der Waals surface area contributed by atoms with Gasteiger partial charge < -0.3 is 9.32 Å². The van der Waals surface area contributed by atoms with E-state index < -0.39 is 0 Å². The van der Waals surface area contributed by atoms with Crippen molar-refractivity contribution < 1.29 is 4.42 Å². The van der Waals surface area contributed by atoms with E-state index in [1.807, 2.05) is 23.7 Å². The molecule has 7 nitrogen and oxygen atoms in total. The van der Waals surface area contributed by atoms with Crippen molar-refractivity contribution in [2.24, 2.45) is 0 Å². The zero-order chi connectivity index (χ0) is 16.4. The first-order valence-corrected chi connectivity index (χ1v) is 8.81. The number of aromatic nitrogens is 4. The van der Waals surface area contributed by atoms with E-state index in [1.54, 1.807) is 23.7 Å². The molecule has 1 unspecified atom stereocenters. The highest BCUT2D eigenvalue weighted by Gasteiger charge is 2.26. The van der Waals surface area contributed by atoms with Gasteiger partial charge in [0, 0.05) is 38.6 Å². The second-order valence-electron chi connectivity index (χ2n) is 5.69. The van der Waals surface area contributed by atoms with E-state index in [-0.39, 0.29) is 6.04 Å². The van der Waals surface area contributed by atoms with Gasteiger partial charge in [0.2, 0.25) is 5.89 Å². The second kappa shape index (κ2) is 6.66. The van der Waals surface area contributed by atoms with Crippen molar-refractivity contribution in [2.45, 2.75) is 13.0 Å². The summed E-state index contributed by atoms with van der Waals surface area (Å²) in [6.45, 7) is 5.79. The smallest absolute Gasteiger partial charge is 0.257 e. The van der Waals surface area contributed by atoms with Crippen LogP contribution in [0, 0.1) is 0 Å². The van der Waals surface area contributed by atoms with Gasteiger partial charge in [-0.1, -0.05) is 6.07 Å². The molecule has 1 fully saturated rings. The molecular weight excluding hydrogens is 324 g/mol. The predicted octanol–water partition coefficient (Wildman–Crippen LogP) is 2.47. The highest BCUT2D eigenvalue weighted by molar-refractivity contribution is 7.13. The lowest BCUT2D eigenvalue weighted by Crippen LogP contribution is -2.47. The van der Waals surface area contributed by atoms with Crippen LogP contribution in [0.15, 0.2) is 40.5 Å². The normalized spacial score (nSPS) is 17.1. The summed E-state index contributed by atoms with van der Waals surface area (Å²) in [6, 6.07) is 4.08. The molecule has 4 heterocycles. The Morgan fingerprint density at radius 2 is 2.04 bits per heavy atom. The van der Waals surface area contributed by atoms with Crippen molar-refractivity contribution in [2.75, 3.05) is 31.1 Å². The fraction of sp³-hybridized carbons (Fsp3) is 0.375. The predicted molar refractivity (Wildman–Crippen MR) is 91.8 cm³/mol. The maximum Gasteiger partial charge on any atom is 0.257 e. The molecule has 3 aromatic rings. The molecule has 0 aliphatic carbocycles. The van der Waals surface area contributed by atoms with Gasteiger partial charge in [0.15, 0.2) is 0 Å². The minimum atomic E-state index is 0.107. The summed E-state index contributed by atoms with van der Waals surface area (Å²) in [7, 11) is 0. The van der Waals surface area contributed by atoms with Crippen LogP contribution in [0.4, 0.5) is 5.82 Å². The summed E-state index contributed by atoms with van der Waals surface area (Å²) in [4.78, 5) is 14.1. The number of rotatable bonds is 4. The Balaban J connectivity index is 1.40. The van der Waals surface area contributed by atoms with Gasteiger partial charge in [-0.05, 0) is 18.4 Å². The van der Waals surface area contributed by atoms with Gasteiger partial charge in [0.25, 0.3) is 5.89 Å². The van der Waals surface area contributed by atoms with E-state index in [4.69, 9.17) is 4.42 Å². The maximum absolute atomic E-state index is 5.87. The number of hydrogen-bond donors (Lipinski definition) is 0. The monoisotopic (exact) mass is 342 g/mol. The highest BCUT2D eigenvalue weighted by Crippen LogP contribution is 2.27. The van der Waals surface area contributed by atoms with Crippen LogP contribution < -0.4 is 4.90 Å². The lowest BCUT2D eigenvalue weighted by molar-refractivity contribution is 0.173. The maximum atomic E-state index is 5.87. The molecule has 0 spiro atoms. The molecule has 4 rings (SSSR count). The van der Waals surface area contributed by atoms with Gasteiger partial charge in [0.1, 0.15) is 5.82 Å². The van der Waals surface area contributed by atoms with Crippen molar-refractivity contribution in [3.8, 4) is 10.8 Å². The van der Waals surface area contributed by atoms with Crippen molar-refractivity contribution in [3.63, 3.8) is 0 Å². The first-order chi connectivity index (χ1) is 11.8. The van der Waals surface area contributed by atoms with Crippen LogP contribution in [0.3, 0.4) is 0 Å². The van der Waals surface area contributed by atoms with Crippen molar-refractivity contribution in [3.05, 3.63) is 42.0 Å². The standard InChI is InChI=1S/C16H18N6OS/c1-12(15-19-20-16(23-15)13-3-2-10-24-13)21-6-8-22(9-7-21)14-11-17-4-5-18-14/h2-5,10-12H,6-9H2,1H3. The first-order valence-electron chi connectivity index (χ1n) is 7.93. The number of thiophene rings is 1. The Labute approximate surface area is 144 Å². The lowest BCUT2D eigenvalue weighted by atomic mass is 10.2. The molecule has 24 heavy (non-hydrogen) atoms. The second-order valence-corrected chi connectivity index (χ2v) is 6.63. The topological polar surface area (TPSA) is 71.2 Å². The Bertz CT molecular complexity index is 767. The molecule has 0 saturated carbocycles. The van der Waals surface area contributed by atoms with E-state index in [9.17, 15) is 0 Å². The zero-order valence-electron chi connectivity index (χ0n) is 13.4. The lowest BCUT2D eigenvalue weighted by Gasteiger charge is -2.37. The van der Waals surface area contributed by atoms with Gasteiger partial charge in [0.05, 0.1) is 17.1 Å². The van der Waals surface area contributed by atoms with Crippen LogP contribution in [0.1, 0.15) is 18.9 Å². The Morgan fingerprint density at radius 1 is 1.17 bits per heavy atom. The van der Waals surface area contributed by atoms with Crippen molar-refractivity contribution in [1.82, 2.24) is 25.1 Å². The Kier molecular flexibility index (Phi) is 4.22. The van der Waals surface area contributed by atoms with Crippen LogP contribution in [0.2, 0.25) is 0 Å². The summed E-state index contributed by atoms with van der Waals surface area (Å²) < 4.78 is 5.87. The third-order valence-corrected chi connectivity index (χ3v) is 5.12. The number of nitrogens with zero attached hydrogens (tertiary/aromatic N) is 6. The molecule has 124 valence electrons. The third-order valence-electron chi connectivity index (χ3n) is 4.27. The fourth-order valence-corrected chi connectivity index (χ4v) is 3.50. The first kappa shape index (κ1) is 15.2. The fourth-order valence-electron chi connectivity index (χ4n) is 2.85. The van der Waals surface area contributed by atoms with Crippen LogP contribution >= 0.6 is 11.3 Å².